The molecule has 1 fully saturated rings. The first-order chi connectivity index (χ1) is 14.2. The highest BCUT2D eigenvalue weighted by Gasteiger charge is 2.27. The maximum atomic E-state index is 12.7. The molecule has 6 nitrogen and oxygen atoms in total. The number of morpholine rings is 1. The molecule has 1 amide bonds. The van der Waals surface area contributed by atoms with E-state index < -0.39 is 0 Å². The number of benzene rings is 2. The van der Waals surface area contributed by atoms with Gasteiger partial charge in [-0.25, -0.2) is 0 Å². The lowest BCUT2D eigenvalue weighted by Crippen LogP contribution is -2.42. The van der Waals surface area contributed by atoms with Crippen LogP contribution in [0, 0.1) is 0 Å². The number of carbonyl (C=O) groups is 1. The zero-order chi connectivity index (χ0) is 20.1. The molecule has 2 aromatic carbocycles. The van der Waals surface area contributed by atoms with Gasteiger partial charge in [-0.3, -0.25) is 9.89 Å². The third kappa shape index (κ3) is 4.78. The largest absolute Gasteiger partial charge is 0.492 e. The zero-order valence-corrected chi connectivity index (χ0v) is 16.6. The van der Waals surface area contributed by atoms with Crippen LogP contribution in [0.5, 0.6) is 5.75 Å². The van der Waals surface area contributed by atoms with Crippen LogP contribution in [0.25, 0.3) is 0 Å². The Morgan fingerprint density at radius 1 is 1.21 bits per heavy atom. The van der Waals surface area contributed by atoms with Gasteiger partial charge in [-0.15, -0.1) is 0 Å². The molecule has 0 spiro atoms. The van der Waals surface area contributed by atoms with E-state index in [1.807, 2.05) is 59.5 Å². The number of nitrogens with one attached hydrogen (secondary N) is 1. The van der Waals surface area contributed by atoms with Crippen molar-refractivity contribution in [3.63, 3.8) is 0 Å². The number of aromatic nitrogens is 2. The fourth-order valence-corrected chi connectivity index (χ4v) is 3.47. The van der Waals surface area contributed by atoms with Crippen molar-refractivity contribution in [2.45, 2.75) is 12.5 Å². The first kappa shape index (κ1) is 19.5. The molecule has 1 aliphatic heterocycles. The number of carbonyl (C=O) groups excluding carboxylic acids is 1. The molecule has 0 radical (unpaired) electrons. The molecule has 1 aromatic heterocycles. The number of para-hydroxylation sites is 1. The molecule has 2 heterocycles. The standard InChI is InChI=1S/C22H22ClN3O3/c23-18-8-4-5-9-20(18)28-12-10-17-14-19(25-24-17)21-15-26(11-13-29-21)22(27)16-6-2-1-3-7-16/h1-9,14,21H,10-13,15H2,(H,24,25). The van der Waals surface area contributed by atoms with E-state index in [9.17, 15) is 4.79 Å². The average Bonchev–Trinajstić information content (AvgIpc) is 3.24. The Morgan fingerprint density at radius 2 is 2.00 bits per heavy atom. The predicted molar refractivity (Wildman–Crippen MR) is 110 cm³/mol. The van der Waals surface area contributed by atoms with Crippen LogP contribution in [0.3, 0.4) is 0 Å². The maximum Gasteiger partial charge on any atom is 0.254 e. The van der Waals surface area contributed by atoms with Crippen molar-refractivity contribution < 1.29 is 14.3 Å². The molecule has 29 heavy (non-hydrogen) atoms. The third-order valence-corrected chi connectivity index (χ3v) is 5.13. The van der Waals surface area contributed by atoms with Gasteiger partial charge < -0.3 is 14.4 Å². The first-order valence-electron chi connectivity index (χ1n) is 9.58. The molecule has 0 aliphatic carbocycles. The molecular weight excluding hydrogens is 390 g/mol. The van der Waals surface area contributed by atoms with Gasteiger partial charge in [0.1, 0.15) is 11.9 Å². The molecule has 1 unspecified atom stereocenters. The van der Waals surface area contributed by atoms with Gasteiger partial charge in [-0.1, -0.05) is 41.9 Å². The highest BCUT2D eigenvalue weighted by atomic mass is 35.5. The molecule has 7 heteroatoms. The van der Waals surface area contributed by atoms with E-state index in [2.05, 4.69) is 10.2 Å². The molecule has 0 bridgehead atoms. The van der Waals surface area contributed by atoms with E-state index in [0.717, 1.165) is 11.4 Å². The number of H-pyrrole nitrogens is 1. The molecule has 4 rings (SSSR count). The summed E-state index contributed by atoms with van der Waals surface area (Å²) in [7, 11) is 0. The SMILES string of the molecule is O=C(c1ccccc1)N1CCOC(c2cc(CCOc3ccccc3Cl)[nH]n2)C1. The van der Waals surface area contributed by atoms with E-state index in [0.29, 0.717) is 49.1 Å². The summed E-state index contributed by atoms with van der Waals surface area (Å²) < 4.78 is 11.6. The van der Waals surface area contributed by atoms with Gasteiger partial charge in [-0.2, -0.15) is 5.10 Å². The Bertz CT molecular complexity index is 961. The summed E-state index contributed by atoms with van der Waals surface area (Å²) in [5, 5.41) is 8.01. The van der Waals surface area contributed by atoms with Crippen LogP contribution in [0.4, 0.5) is 0 Å². The van der Waals surface area contributed by atoms with Crippen molar-refractivity contribution >= 4 is 17.5 Å². The lowest BCUT2D eigenvalue weighted by atomic mass is 10.1. The molecule has 1 aliphatic rings. The summed E-state index contributed by atoms with van der Waals surface area (Å²) in [5.41, 5.74) is 2.43. The highest BCUT2D eigenvalue weighted by molar-refractivity contribution is 6.32. The Labute approximate surface area is 174 Å². The highest BCUT2D eigenvalue weighted by Crippen LogP contribution is 2.24. The number of ether oxygens (including phenoxy) is 2. The van der Waals surface area contributed by atoms with E-state index in [4.69, 9.17) is 21.1 Å². The van der Waals surface area contributed by atoms with Crippen LogP contribution in [-0.4, -0.2) is 47.3 Å². The monoisotopic (exact) mass is 411 g/mol. The summed E-state index contributed by atoms with van der Waals surface area (Å²) in [6, 6.07) is 18.7. The molecule has 1 N–H and O–H groups in total. The van der Waals surface area contributed by atoms with Crippen molar-refractivity contribution in [1.82, 2.24) is 15.1 Å². The lowest BCUT2D eigenvalue weighted by Gasteiger charge is -2.32. The predicted octanol–water partition coefficient (Wildman–Crippen LogP) is 3.90. The summed E-state index contributed by atoms with van der Waals surface area (Å²) in [6.45, 7) is 2.03. The Kier molecular flexibility index (Phi) is 6.12. The van der Waals surface area contributed by atoms with Crippen molar-refractivity contribution in [2.75, 3.05) is 26.3 Å². The second kappa shape index (κ2) is 9.11. The average molecular weight is 412 g/mol. The second-order valence-electron chi connectivity index (χ2n) is 6.82. The first-order valence-corrected chi connectivity index (χ1v) is 9.96. The Balaban J connectivity index is 1.34. The van der Waals surface area contributed by atoms with Gasteiger partial charge in [0, 0.05) is 24.2 Å². The lowest BCUT2D eigenvalue weighted by molar-refractivity contribution is -0.0247. The fourth-order valence-electron chi connectivity index (χ4n) is 3.28. The third-order valence-electron chi connectivity index (χ3n) is 4.82. The number of hydrogen-bond donors (Lipinski definition) is 1. The van der Waals surface area contributed by atoms with Crippen LogP contribution in [-0.2, 0) is 11.2 Å². The smallest absolute Gasteiger partial charge is 0.254 e. The number of rotatable bonds is 6. The number of hydrogen-bond acceptors (Lipinski definition) is 4. The minimum Gasteiger partial charge on any atom is -0.492 e. The van der Waals surface area contributed by atoms with E-state index in [1.165, 1.54) is 0 Å². The maximum absolute atomic E-state index is 12.7. The molecular formula is C22H22ClN3O3. The summed E-state index contributed by atoms with van der Waals surface area (Å²) in [5.74, 6) is 0.683. The normalized spacial score (nSPS) is 16.6. The molecule has 1 saturated heterocycles. The van der Waals surface area contributed by atoms with Crippen LogP contribution in [0.2, 0.25) is 5.02 Å². The molecule has 1 atom stereocenters. The fraction of sp³-hybridized carbons (Fsp3) is 0.273. The Morgan fingerprint density at radius 3 is 2.83 bits per heavy atom. The van der Waals surface area contributed by atoms with Gasteiger partial charge in [0.2, 0.25) is 0 Å². The van der Waals surface area contributed by atoms with Crippen molar-refractivity contribution in [2.24, 2.45) is 0 Å². The second-order valence-corrected chi connectivity index (χ2v) is 7.23. The molecule has 3 aromatic rings. The van der Waals surface area contributed by atoms with Gasteiger partial charge in [0.25, 0.3) is 5.91 Å². The Hall–Kier alpha value is -2.83. The summed E-state index contributed by atoms with van der Waals surface area (Å²) >= 11 is 6.10. The quantitative estimate of drug-likeness (QED) is 0.668. The van der Waals surface area contributed by atoms with Gasteiger partial charge in [0.05, 0.1) is 30.5 Å². The van der Waals surface area contributed by atoms with Gasteiger partial charge in [-0.05, 0) is 30.3 Å². The van der Waals surface area contributed by atoms with Gasteiger partial charge in [0.15, 0.2) is 0 Å². The van der Waals surface area contributed by atoms with Gasteiger partial charge >= 0.3 is 0 Å². The molecule has 150 valence electrons. The summed E-state index contributed by atoms with van der Waals surface area (Å²) in [4.78, 5) is 14.5. The zero-order valence-electron chi connectivity index (χ0n) is 15.9. The number of aromatic amines is 1. The van der Waals surface area contributed by atoms with E-state index in [1.54, 1.807) is 6.07 Å². The van der Waals surface area contributed by atoms with Crippen molar-refractivity contribution in [3.8, 4) is 5.75 Å². The van der Waals surface area contributed by atoms with Crippen LogP contribution < -0.4 is 4.74 Å². The van der Waals surface area contributed by atoms with E-state index >= 15 is 0 Å². The van der Waals surface area contributed by atoms with Crippen molar-refractivity contribution in [1.29, 1.82) is 0 Å². The van der Waals surface area contributed by atoms with Crippen LogP contribution in [0.15, 0.2) is 60.7 Å². The van der Waals surface area contributed by atoms with Crippen LogP contribution >= 0.6 is 11.6 Å². The number of amides is 1. The summed E-state index contributed by atoms with van der Waals surface area (Å²) in [6.07, 6.45) is 0.420. The molecule has 0 saturated carbocycles. The van der Waals surface area contributed by atoms with E-state index in [-0.39, 0.29) is 12.0 Å². The minimum absolute atomic E-state index is 0.0165. The topological polar surface area (TPSA) is 67.5 Å². The number of nitrogens with zero attached hydrogens (tertiary/aromatic N) is 2. The number of halogens is 1. The van der Waals surface area contributed by atoms with Crippen LogP contribution in [0.1, 0.15) is 27.8 Å². The van der Waals surface area contributed by atoms with Crippen molar-refractivity contribution in [3.05, 3.63) is 82.6 Å². The minimum atomic E-state index is -0.245.